The van der Waals surface area contributed by atoms with Gasteiger partial charge in [0.05, 0.1) is 17.2 Å². The molecule has 0 aliphatic carbocycles. The molecule has 0 saturated heterocycles. The van der Waals surface area contributed by atoms with Gasteiger partial charge in [0, 0.05) is 30.7 Å². The number of anilines is 1. The van der Waals surface area contributed by atoms with Crippen LogP contribution in [0.3, 0.4) is 0 Å². The highest BCUT2D eigenvalue weighted by Gasteiger charge is 2.09. The molecule has 0 radical (unpaired) electrons. The first kappa shape index (κ1) is 12.0. The highest BCUT2D eigenvalue weighted by atomic mass is 32.1. The minimum Gasteiger partial charge on any atom is -0.353 e. The van der Waals surface area contributed by atoms with Crippen molar-refractivity contribution < 1.29 is 0 Å². The molecule has 0 bridgehead atoms. The predicted octanol–water partition coefficient (Wildman–Crippen LogP) is 1.94. The van der Waals surface area contributed by atoms with E-state index in [4.69, 9.17) is 5.73 Å². The van der Waals surface area contributed by atoms with Crippen molar-refractivity contribution in [3.05, 3.63) is 40.0 Å². The molecule has 2 aromatic heterocycles. The molecule has 90 valence electrons. The van der Waals surface area contributed by atoms with Gasteiger partial charge in [-0.25, -0.2) is 9.97 Å². The smallest absolute Gasteiger partial charge is 0.133 e. The molecule has 0 spiro atoms. The number of aromatic nitrogens is 2. The summed E-state index contributed by atoms with van der Waals surface area (Å²) in [6, 6.07) is 3.91. The fraction of sp³-hybridized carbons (Fsp3) is 0.333. The van der Waals surface area contributed by atoms with E-state index in [1.54, 1.807) is 17.5 Å². The molecule has 2 heterocycles. The van der Waals surface area contributed by atoms with Gasteiger partial charge in [-0.05, 0) is 13.0 Å². The maximum atomic E-state index is 5.71. The van der Waals surface area contributed by atoms with Crippen molar-refractivity contribution in [2.24, 2.45) is 5.73 Å². The van der Waals surface area contributed by atoms with Crippen LogP contribution in [0.15, 0.2) is 23.7 Å². The lowest BCUT2D eigenvalue weighted by molar-refractivity contribution is 0.854. The molecule has 0 amide bonds. The molecule has 0 fully saturated rings. The van der Waals surface area contributed by atoms with Gasteiger partial charge in [0.25, 0.3) is 0 Å². The molecule has 17 heavy (non-hydrogen) atoms. The van der Waals surface area contributed by atoms with Crippen molar-refractivity contribution >= 4 is 17.2 Å². The van der Waals surface area contributed by atoms with Gasteiger partial charge in [-0.1, -0.05) is 6.07 Å². The number of aryl methyl sites for hydroxylation is 1. The second-order valence-electron chi connectivity index (χ2n) is 3.90. The number of pyridine rings is 1. The highest BCUT2D eigenvalue weighted by Crippen LogP contribution is 2.18. The van der Waals surface area contributed by atoms with Gasteiger partial charge in [-0.15, -0.1) is 11.3 Å². The number of rotatable bonds is 4. The topological polar surface area (TPSA) is 55.0 Å². The number of thiazole rings is 1. The molecule has 0 aliphatic rings. The molecule has 0 saturated carbocycles. The number of hydrogen-bond donors (Lipinski definition) is 1. The Hall–Kier alpha value is -1.46. The highest BCUT2D eigenvalue weighted by molar-refractivity contribution is 7.09. The Bertz CT molecular complexity index is 495. The van der Waals surface area contributed by atoms with E-state index in [0.717, 1.165) is 28.6 Å². The van der Waals surface area contributed by atoms with E-state index in [1.165, 1.54) is 0 Å². The third kappa shape index (κ3) is 2.81. The quantitative estimate of drug-likeness (QED) is 0.898. The molecule has 2 N–H and O–H groups in total. The molecule has 0 unspecified atom stereocenters. The minimum atomic E-state index is 0.504. The summed E-state index contributed by atoms with van der Waals surface area (Å²) in [4.78, 5) is 10.9. The van der Waals surface area contributed by atoms with Gasteiger partial charge in [-0.3, -0.25) is 0 Å². The standard InChI is InChI=1S/C12H16N4S/c1-9-15-11(8-17-9)7-16(2)12-10(6-13)4-3-5-14-12/h3-5,8H,6-7,13H2,1-2H3. The largest absolute Gasteiger partial charge is 0.353 e. The van der Waals surface area contributed by atoms with E-state index in [0.29, 0.717) is 6.54 Å². The van der Waals surface area contributed by atoms with Crippen LogP contribution in [0.4, 0.5) is 5.82 Å². The number of nitrogens with zero attached hydrogens (tertiary/aromatic N) is 3. The Kier molecular flexibility index (Phi) is 3.71. The van der Waals surface area contributed by atoms with Crippen LogP contribution in [0.2, 0.25) is 0 Å². The van der Waals surface area contributed by atoms with Crippen LogP contribution >= 0.6 is 11.3 Å². The normalized spacial score (nSPS) is 10.5. The fourth-order valence-electron chi connectivity index (χ4n) is 1.73. The summed E-state index contributed by atoms with van der Waals surface area (Å²) in [6.45, 7) is 3.28. The van der Waals surface area contributed by atoms with Gasteiger partial charge in [0.2, 0.25) is 0 Å². The van der Waals surface area contributed by atoms with Crippen LogP contribution < -0.4 is 10.6 Å². The zero-order chi connectivity index (χ0) is 12.3. The zero-order valence-corrected chi connectivity index (χ0v) is 10.9. The van der Waals surface area contributed by atoms with E-state index in [2.05, 4.69) is 20.2 Å². The van der Waals surface area contributed by atoms with E-state index >= 15 is 0 Å². The van der Waals surface area contributed by atoms with Gasteiger partial charge in [-0.2, -0.15) is 0 Å². The van der Waals surface area contributed by atoms with Crippen molar-refractivity contribution in [3.8, 4) is 0 Å². The summed E-state index contributed by atoms with van der Waals surface area (Å²) >= 11 is 1.67. The lowest BCUT2D eigenvalue weighted by atomic mass is 10.2. The van der Waals surface area contributed by atoms with Gasteiger partial charge in [0.15, 0.2) is 0 Å². The van der Waals surface area contributed by atoms with Crippen LogP contribution in [0.25, 0.3) is 0 Å². The van der Waals surface area contributed by atoms with E-state index in [1.807, 2.05) is 26.1 Å². The van der Waals surface area contributed by atoms with Gasteiger partial charge >= 0.3 is 0 Å². The van der Waals surface area contributed by atoms with Crippen LogP contribution in [0.1, 0.15) is 16.3 Å². The molecule has 0 atom stereocenters. The van der Waals surface area contributed by atoms with Crippen LogP contribution in [-0.4, -0.2) is 17.0 Å². The lowest BCUT2D eigenvalue weighted by Crippen LogP contribution is -2.20. The second-order valence-corrected chi connectivity index (χ2v) is 4.97. The van der Waals surface area contributed by atoms with Crippen molar-refractivity contribution in [2.45, 2.75) is 20.0 Å². The van der Waals surface area contributed by atoms with Crippen molar-refractivity contribution in [1.82, 2.24) is 9.97 Å². The van der Waals surface area contributed by atoms with Crippen molar-refractivity contribution in [3.63, 3.8) is 0 Å². The number of nitrogens with two attached hydrogens (primary N) is 1. The summed E-state index contributed by atoms with van der Waals surface area (Å²) in [5.41, 5.74) is 7.84. The molecular formula is C12H16N4S. The van der Waals surface area contributed by atoms with Crippen molar-refractivity contribution in [1.29, 1.82) is 0 Å². The first-order valence-electron chi connectivity index (χ1n) is 5.47. The van der Waals surface area contributed by atoms with Crippen LogP contribution in [0, 0.1) is 6.92 Å². The first-order valence-corrected chi connectivity index (χ1v) is 6.34. The summed E-state index contributed by atoms with van der Waals surface area (Å²) in [5, 5.41) is 3.17. The molecule has 0 aromatic carbocycles. The second kappa shape index (κ2) is 5.25. The van der Waals surface area contributed by atoms with Crippen molar-refractivity contribution in [2.75, 3.05) is 11.9 Å². The van der Waals surface area contributed by atoms with Crippen LogP contribution in [0.5, 0.6) is 0 Å². The van der Waals surface area contributed by atoms with Gasteiger partial charge < -0.3 is 10.6 Å². The molecule has 5 heteroatoms. The number of hydrogen-bond acceptors (Lipinski definition) is 5. The molecule has 4 nitrogen and oxygen atoms in total. The minimum absolute atomic E-state index is 0.504. The average molecular weight is 248 g/mol. The maximum absolute atomic E-state index is 5.71. The third-order valence-corrected chi connectivity index (χ3v) is 3.34. The Morgan fingerprint density at radius 2 is 2.29 bits per heavy atom. The zero-order valence-electron chi connectivity index (χ0n) is 10.1. The predicted molar refractivity (Wildman–Crippen MR) is 71.1 cm³/mol. The Labute approximate surface area is 105 Å². The van der Waals surface area contributed by atoms with Crippen LogP contribution in [-0.2, 0) is 13.1 Å². The monoisotopic (exact) mass is 248 g/mol. The average Bonchev–Trinajstić information content (AvgIpc) is 2.74. The summed E-state index contributed by atoms with van der Waals surface area (Å²) < 4.78 is 0. The summed E-state index contributed by atoms with van der Waals surface area (Å²) in [7, 11) is 2.01. The molecule has 2 aromatic rings. The molecular weight excluding hydrogens is 232 g/mol. The Morgan fingerprint density at radius 3 is 2.94 bits per heavy atom. The van der Waals surface area contributed by atoms with E-state index < -0.39 is 0 Å². The third-order valence-electron chi connectivity index (χ3n) is 2.51. The Morgan fingerprint density at radius 1 is 1.47 bits per heavy atom. The molecule has 2 rings (SSSR count). The summed E-state index contributed by atoms with van der Waals surface area (Å²) in [6.07, 6.45) is 1.79. The van der Waals surface area contributed by atoms with Gasteiger partial charge in [0.1, 0.15) is 5.82 Å². The Balaban J connectivity index is 2.16. The maximum Gasteiger partial charge on any atom is 0.133 e. The van der Waals surface area contributed by atoms with E-state index in [-0.39, 0.29) is 0 Å². The molecule has 0 aliphatic heterocycles. The summed E-state index contributed by atoms with van der Waals surface area (Å²) in [5.74, 6) is 0.931. The fourth-order valence-corrected chi connectivity index (χ4v) is 2.34. The first-order chi connectivity index (χ1) is 8.20. The lowest BCUT2D eigenvalue weighted by Gasteiger charge is -2.19. The SMILES string of the molecule is Cc1nc(CN(C)c2ncccc2CN)cs1. The van der Waals surface area contributed by atoms with E-state index in [9.17, 15) is 0 Å².